The van der Waals surface area contributed by atoms with E-state index >= 15 is 0 Å². The van der Waals surface area contributed by atoms with E-state index in [1.54, 1.807) is 38.1 Å². The number of aromatic nitrogens is 1. The van der Waals surface area contributed by atoms with Crippen molar-refractivity contribution in [2.45, 2.75) is 46.3 Å². The van der Waals surface area contributed by atoms with Gasteiger partial charge in [-0.25, -0.2) is 9.19 Å². The fourth-order valence-electron chi connectivity index (χ4n) is 3.84. The first-order valence-corrected chi connectivity index (χ1v) is 12.8. The van der Waals surface area contributed by atoms with Gasteiger partial charge in [-0.05, 0) is 67.6 Å². The van der Waals surface area contributed by atoms with Crippen molar-refractivity contribution in [2.24, 2.45) is 0 Å². The minimum Gasteiger partial charge on any atom is -0.489 e. The Morgan fingerprint density at radius 1 is 1.06 bits per heavy atom. The Morgan fingerprint density at radius 3 is 2.44 bits per heavy atom. The number of rotatable bonds is 9. The van der Waals surface area contributed by atoms with Crippen molar-refractivity contribution >= 4 is 21.8 Å². The fourth-order valence-corrected chi connectivity index (χ4v) is 4.76. The van der Waals surface area contributed by atoms with Gasteiger partial charge in [0.05, 0.1) is 17.1 Å². The highest BCUT2D eigenvalue weighted by molar-refractivity contribution is 7.93. The molecule has 0 aliphatic carbocycles. The van der Waals surface area contributed by atoms with Gasteiger partial charge in [-0.3, -0.25) is 9.52 Å². The number of pyridine rings is 1. The lowest BCUT2D eigenvalue weighted by atomic mass is 9.95. The molecule has 1 amide bonds. The molecule has 3 aromatic rings. The van der Waals surface area contributed by atoms with Crippen LogP contribution in [0.1, 0.15) is 42.5 Å². The Balaban J connectivity index is 1.44. The van der Waals surface area contributed by atoms with Crippen molar-refractivity contribution in [1.82, 2.24) is 9.71 Å². The third-order valence-corrected chi connectivity index (χ3v) is 7.11. The first kappa shape index (κ1) is 25.6. The topological polar surface area (TPSA) is 97.8 Å². The highest BCUT2D eigenvalue weighted by Crippen LogP contribution is 2.30. The van der Waals surface area contributed by atoms with Gasteiger partial charge in [0.2, 0.25) is 5.88 Å². The average Bonchev–Trinajstić information content (AvgIpc) is 3.16. The number of hydrogen-bond acceptors (Lipinski definition) is 6. The molecule has 1 unspecified atom stereocenters. The SMILES string of the molecule is Cc1cc(OCCC(C)(C)O)ncc1-c1cccc(COc2ccc(C3=CC(=O)NS3=O)cc2)c1C. The molecule has 2 heterocycles. The van der Waals surface area contributed by atoms with Gasteiger partial charge in [0.1, 0.15) is 12.4 Å². The van der Waals surface area contributed by atoms with E-state index in [4.69, 9.17) is 9.47 Å². The standard InChI is InChI=1S/C28H30N2O5S/c1-18-14-27(34-13-12-28(3,4)32)29-16-24(18)23-7-5-6-21(19(23)2)17-35-22-10-8-20(9-11-22)25-15-26(31)30-36(25)33/h5-11,14-16,32H,12-13,17H2,1-4H3,(H,30,31). The molecule has 1 aromatic heterocycles. The third-order valence-electron chi connectivity index (χ3n) is 5.97. The highest BCUT2D eigenvalue weighted by Gasteiger charge is 2.21. The molecule has 36 heavy (non-hydrogen) atoms. The van der Waals surface area contributed by atoms with E-state index in [1.165, 1.54) is 6.08 Å². The second kappa shape index (κ2) is 10.6. The van der Waals surface area contributed by atoms with Crippen LogP contribution in [0.5, 0.6) is 11.6 Å². The van der Waals surface area contributed by atoms with Crippen molar-refractivity contribution in [3.8, 4) is 22.8 Å². The summed E-state index contributed by atoms with van der Waals surface area (Å²) in [6, 6.07) is 15.2. The van der Waals surface area contributed by atoms with E-state index in [0.717, 1.165) is 27.8 Å². The maximum absolute atomic E-state index is 12.0. The maximum atomic E-state index is 12.0. The molecule has 7 nitrogen and oxygen atoms in total. The number of ether oxygens (including phenoxy) is 2. The number of hydrogen-bond donors (Lipinski definition) is 2. The molecule has 2 aromatic carbocycles. The zero-order chi connectivity index (χ0) is 25.9. The second-order valence-corrected chi connectivity index (χ2v) is 10.6. The van der Waals surface area contributed by atoms with E-state index < -0.39 is 16.6 Å². The lowest BCUT2D eigenvalue weighted by molar-refractivity contribution is -0.114. The van der Waals surface area contributed by atoms with E-state index in [-0.39, 0.29) is 5.91 Å². The first-order chi connectivity index (χ1) is 17.1. The van der Waals surface area contributed by atoms with Crippen LogP contribution in [0.25, 0.3) is 16.0 Å². The van der Waals surface area contributed by atoms with Crippen LogP contribution in [0.3, 0.4) is 0 Å². The van der Waals surface area contributed by atoms with Gasteiger partial charge in [0, 0.05) is 30.3 Å². The summed E-state index contributed by atoms with van der Waals surface area (Å²) in [7, 11) is -1.52. The predicted octanol–water partition coefficient (Wildman–Crippen LogP) is 4.62. The monoisotopic (exact) mass is 506 g/mol. The quantitative estimate of drug-likeness (QED) is 0.440. The van der Waals surface area contributed by atoms with Crippen LogP contribution >= 0.6 is 0 Å². The molecule has 2 N–H and O–H groups in total. The number of amides is 1. The van der Waals surface area contributed by atoms with Gasteiger partial charge in [-0.2, -0.15) is 0 Å². The molecule has 0 spiro atoms. The van der Waals surface area contributed by atoms with E-state index in [2.05, 4.69) is 22.7 Å². The van der Waals surface area contributed by atoms with Gasteiger partial charge in [-0.1, -0.05) is 30.3 Å². The first-order valence-electron chi connectivity index (χ1n) is 11.7. The number of carbonyl (C=O) groups is 1. The summed E-state index contributed by atoms with van der Waals surface area (Å²) in [5, 5.41) is 9.85. The summed E-state index contributed by atoms with van der Waals surface area (Å²) < 4.78 is 26.0. The van der Waals surface area contributed by atoms with Crippen LogP contribution in [0, 0.1) is 13.8 Å². The Bertz CT molecular complexity index is 1330. The molecule has 1 atom stereocenters. The fraction of sp³-hybridized carbons (Fsp3) is 0.286. The minimum atomic E-state index is -1.52. The average molecular weight is 507 g/mol. The summed E-state index contributed by atoms with van der Waals surface area (Å²) in [5.41, 5.74) is 5.24. The van der Waals surface area contributed by atoms with Crippen molar-refractivity contribution in [3.63, 3.8) is 0 Å². The van der Waals surface area contributed by atoms with Crippen molar-refractivity contribution in [2.75, 3.05) is 6.61 Å². The molecule has 0 radical (unpaired) electrons. The second-order valence-electron chi connectivity index (χ2n) is 9.39. The molecule has 0 fully saturated rings. The Hall–Kier alpha value is -3.49. The molecule has 1 aliphatic rings. The lowest BCUT2D eigenvalue weighted by Gasteiger charge is -2.17. The number of aryl methyl sites for hydroxylation is 1. The smallest absolute Gasteiger partial charge is 0.257 e. The normalized spacial score (nSPS) is 15.4. The van der Waals surface area contributed by atoms with Crippen LogP contribution in [-0.4, -0.2) is 32.4 Å². The molecule has 4 rings (SSSR count). The number of nitrogens with one attached hydrogen (secondary N) is 1. The van der Waals surface area contributed by atoms with Gasteiger partial charge >= 0.3 is 0 Å². The van der Waals surface area contributed by atoms with Crippen molar-refractivity contribution in [1.29, 1.82) is 0 Å². The number of aliphatic hydroxyl groups is 1. The molecular formula is C28H30N2O5S. The zero-order valence-electron chi connectivity index (χ0n) is 20.8. The van der Waals surface area contributed by atoms with Crippen LogP contribution in [0.2, 0.25) is 0 Å². The highest BCUT2D eigenvalue weighted by atomic mass is 32.2. The number of nitrogens with zero attached hydrogens (tertiary/aromatic N) is 1. The lowest BCUT2D eigenvalue weighted by Crippen LogP contribution is -2.22. The summed E-state index contributed by atoms with van der Waals surface area (Å²) in [5.74, 6) is 0.869. The minimum absolute atomic E-state index is 0.350. The zero-order valence-corrected chi connectivity index (χ0v) is 21.6. The molecule has 0 saturated heterocycles. The molecular weight excluding hydrogens is 476 g/mol. The maximum Gasteiger partial charge on any atom is 0.257 e. The van der Waals surface area contributed by atoms with Crippen LogP contribution in [-0.2, 0) is 22.4 Å². The van der Waals surface area contributed by atoms with Gasteiger partial charge < -0.3 is 14.6 Å². The Morgan fingerprint density at radius 2 is 1.81 bits per heavy atom. The predicted molar refractivity (Wildman–Crippen MR) is 141 cm³/mol. The number of benzene rings is 2. The summed E-state index contributed by atoms with van der Waals surface area (Å²) in [6.45, 7) is 8.39. The van der Waals surface area contributed by atoms with Gasteiger partial charge in [-0.15, -0.1) is 0 Å². The van der Waals surface area contributed by atoms with Crippen LogP contribution in [0.15, 0.2) is 60.8 Å². The number of carbonyl (C=O) groups excluding carboxylic acids is 1. The molecule has 0 saturated carbocycles. The van der Waals surface area contributed by atoms with Crippen molar-refractivity contribution in [3.05, 3.63) is 83.1 Å². The summed E-state index contributed by atoms with van der Waals surface area (Å²) in [6.07, 6.45) is 3.70. The van der Waals surface area contributed by atoms with Crippen LogP contribution in [0.4, 0.5) is 0 Å². The van der Waals surface area contributed by atoms with Gasteiger partial charge in [0.15, 0.2) is 11.0 Å². The summed E-state index contributed by atoms with van der Waals surface area (Å²) >= 11 is 0. The molecule has 8 heteroatoms. The summed E-state index contributed by atoms with van der Waals surface area (Å²) in [4.78, 5) is 16.3. The van der Waals surface area contributed by atoms with E-state index in [1.807, 2.05) is 31.3 Å². The van der Waals surface area contributed by atoms with Crippen LogP contribution < -0.4 is 14.2 Å². The van der Waals surface area contributed by atoms with Crippen molar-refractivity contribution < 1.29 is 23.6 Å². The molecule has 1 aliphatic heterocycles. The molecule has 188 valence electrons. The largest absolute Gasteiger partial charge is 0.489 e. The molecule has 0 bridgehead atoms. The Kier molecular flexibility index (Phi) is 7.56. The van der Waals surface area contributed by atoms with Gasteiger partial charge in [0.25, 0.3) is 5.91 Å². The third kappa shape index (κ3) is 6.19. The Labute approximate surface area is 213 Å². The van der Waals surface area contributed by atoms with E-state index in [0.29, 0.717) is 41.7 Å². The van der Waals surface area contributed by atoms with E-state index in [9.17, 15) is 14.1 Å².